The summed E-state index contributed by atoms with van der Waals surface area (Å²) in [7, 11) is 0. The van der Waals surface area contributed by atoms with Gasteiger partial charge in [0.1, 0.15) is 5.82 Å². The van der Waals surface area contributed by atoms with E-state index in [2.05, 4.69) is 15.1 Å². The first-order chi connectivity index (χ1) is 13.9. The SMILES string of the molecule is Cc1cc(-c2nc3ccc(-c4ncno4)cc3n2C2(C)COC2)c(F)c(O)c1O. The quantitative estimate of drug-likeness (QED) is 0.512. The topological polar surface area (TPSA) is 106 Å². The van der Waals surface area contributed by atoms with Crippen LogP contribution in [0.25, 0.3) is 33.9 Å². The molecule has 0 aliphatic carbocycles. The summed E-state index contributed by atoms with van der Waals surface area (Å²) in [6.07, 6.45) is 1.32. The average molecular weight is 396 g/mol. The number of hydrogen-bond acceptors (Lipinski definition) is 7. The minimum absolute atomic E-state index is 0.0986. The van der Waals surface area contributed by atoms with Gasteiger partial charge in [-0.1, -0.05) is 5.16 Å². The number of imidazole rings is 1. The molecule has 2 N–H and O–H groups in total. The number of nitrogens with zero attached hydrogens (tertiary/aromatic N) is 4. The second-order valence-corrected chi connectivity index (χ2v) is 7.46. The van der Waals surface area contributed by atoms with E-state index in [9.17, 15) is 14.6 Å². The summed E-state index contributed by atoms with van der Waals surface area (Å²) in [6.45, 7) is 4.44. The third kappa shape index (κ3) is 2.51. The summed E-state index contributed by atoms with van der Waals surface area (Å²) < 4.78 is 27.4. The van der Waals surface area contributed by atoms with Crippen LogP contribution in [-0.4, -0.2) is 43.1 Å². The molecule has 3 heterocycles. The number of hydrogen-bond donors (Lipinski definition) is 2. The van der Waals surface area contributed by atoms with Crippen LogP contribution in [0.5, 0.6) is 11.5 Å². The van der Waals surface area contributed by atoms with Crippen LogP contribution in [0, 0.1) is 12.7 Å². The predicted octanol–water partition coefficient (Wildman–Crippen LogP) is 3.36. The van der Waals surface area contributed by atoms with Crippen LogP contribution in [0.4, 0.5) is 4.39 Å². The molecular weight excluding hydrogens is 379 g/mol. The number of phenolic OH excluding ortho intramolecular Hbond substituents is 2. The summed E-state index contributed by atoms with van der Waals surface area (Å²) >= 11 is 0. The minimum atomic E-state index is -0.925. The largest absolute Gasteiger partial charge is 0.504 e. The molecule has 1 aliphatic heterocycles. The van der Waals surface area contributed by atoms with Gasteiger partial charge in [0.15, 0.2) is 23.6 Å². The van der Waals surface area contributed by atoms with E-state index in [1.54, 1.807) is 19.1 Å². The van der Waals surface area contributed by atoms with Gasteiger partial charge in [-0.2, -0.15) is 4.98 Å². The van der Waals surface area contributed by atoms with Gasteiger partial charge in [0, 0.05) is 5.56 Å². The Bertz CT molecular complexity index is 1250. The highest BCUT2D eigenvalue weighted by molar-refractivity contribution is 5.85. The molecule has 1 aliphatic rings. The van der Waals surface area contributed by atoms with Gasteiger partial charge >= 0.3 is 0 Å². The van der Waals surface area contributed by atoms with Crippen molar-refractivity contribution < 1.29 is 23.9 Å². The number of ether oxygens (including phenoxy) is 1. The molecule has 2 aromatic carbocycles. The maximum Gasteiger partial charge on any atom is 0.257 e. The lowest BCUT2D eigenvalue weighted by molar-refractivity contribution is -0.0868. The van der Waals surface area contributed by atoms with Crippen LogP contribution >= 0.6 is 0 Å². The zero-order chi connectivity index (χ0) is 20.3. The molecule has 1 saturated heterocycles. The summed E-state index contributed by atoms with van der Waals surface area (Å²) in [5.74, 6) is -1.50. The van der Waals surface area contributed by atoms with Gasteiger partial charge < -0.3 is 24.0 Å². The maximum absolute atomic E-state index is 14.9. The predicted molar refractivity (Wildman–Crippen MR) is 101 cm³/mol. The van der Waals surface area contributed by atoms with Crippen LogP contribution in [0.3, 0.4) is 0 Å². The molecule has 1 fully saturated rings. The van der Waals surface area contributed by atoms with Crippen LogP contribution in [0.1, 0.15) is 12.5 Å². The van der Waals surface area contributed by atoms with Crippen molar-refractivity contribution in [2.75, 3.05) is 13.2 Å². The zero-order valence-corrected chi connectivity index (χ0v) is 15.7. The van der Waals surface area contributed by atoms with Crippen molar-refractivity contribution in [1.82, 2.24) is 19.7 Å². The number of phenols is 2. The van der Waals surface area contributed by atoms with Crippen molar-refractivity contribution >= 4 is 11.0 Å². The molecule has 0 amide bonds. The summed E-state index contributed by atoms with van der Waals surface area (Å²) in [6, 6.07) is 6.92. The van der Waals surface area contributed by atoms with Crippen molar-refractivity contribution in [3.63, 3.8) is 0 Å². The van der Waals surface area contributed by atoms with Gasteiger partial charge in [-0.05, 0) is 43.7 Å². The van der Waals surface area contributed by atoms with Gasteiger partial charge in [-0.25, -0.2) is 9.37 Å². The number of aryl methyl sites for hydroxylation is 1. The van der Waals surface area contributed by atoms with E-state index in [0.717, 1.165) is 5.52 Å². The highest BCUT2D eigenvalue weighted by Gasteiger charge is 2.39. The Labute approximate surface area is 164 Å². The molecule has 29 heavy (non-hydrogen) atoms. The van der Waals surface area contributed by atoms with Gasteiger partial charge in [0.25, 0.3) is 5.89 Å². The van der Waals surface area contributed by atoms with Crippen molar-refractivity contribution in [3.8, 4) is 34.3 Å². The Kier molecular flexibility index (Phi) is 3.66. The van der Waals surface area contributed by atoms with Crippen LogP contribution in [0.2, 0.25) is 0 Å². The lowest BCUT2D eigenvalue weighted by Crippen LogP contribution is -2.49. The average Bonchev–Trinajstić information content (AvgIpc) is 3.34. The fourth-order valence-electron chi connectivity index (χ4n) is 3.69. The molecule has 0 radical (unpaired) electrons. The number of benzene rings is 2. The molecular formula is C20H17FN4O4. The third-order valence-corrected chi connectivity index (χ3v) is 5.27. The number of aromatic nitrogens is 4. The lowest BCUT2D eigenvalue weighted by atomic mass is 9.98. The molecule has 0 spiro atoms. The number of halogens is 1. The summed E-state index contributed by atoms with van der Waals surface area (Å²) in [4.78, 5) is 8.71. The van der Waals surface area contributed by atoms with Crippen molar-refractivity contribution in [3.05, 3.63) is 42.0 Å². The molecule has 4 aromatic rings. The fourth-order valence-corrected chi connectivity index (χ4v) is 3.69. The van der Waals surface area contributed by atoms with Gasteiger partial charge in [-0.3, -0.25) is 0 Å². The molecule has 0 saturated carbocycles. The maximum atomic E-state index is 14.9. The smallest absolute Gasteiger partial charge is 0.257 e. The van der Waals surface area contributed by atoms with Crippen LogP contribution in [-0.2, 0) is 10.3 Å². The van der Waals surface area contributed by atoms with E-state index < -0.39 is 22.9 Å². The Morgan fingerprint density at radius 3 is 2.62 bits per heavy atom. The van der Waals surface area contributed by atoms with Crippen molar-refractivity contribution in [2.24, 2.45) is 0 Å². The Hall–Kier alpha value is -3.46. The highest BCUT2D eigenvalue weighted by atomic mass is 19.1. The van der Waals surface area contributed by atoms with Crippen molar-refractivity contribution in [2.45, 2.75) is 19.4 Å². The molecule has 8 nitrogen and oxygen atoms in total. The first kappa shape index (κ1) is 17.6. The third-order valence-electron chi connectivity index (χ3n) is 5.27. The highest BCUT2D eigenvalue weighted by Crippen LogP contribution is 2.42. The monoisotopic (exact) mass is 396 g/mol. The molecule has 148 valence electrons. The fraction of sp³-hybridized carbons (Fsp3) is 0.250. The van der Waals surface area contributed by atoms with E-state index in [0.29, 0.717) is 41.6 Å². The van der Waals surface area contributed by atoms with Crippen molar-refractivity contribution in [1.29, 1.82) is 0 Å². The van der Waals surface area contributed by atoms with Gasteiger partial charge in [0.2, 0.25) is 0 Å². The molecule has 2 aromatic heterocycles. The summed E-state index contributed by atoms with van der Waals surface area (Å²) in [5, 5.41) is 23.5. The Morgan fingerprint density at radius 1 is 1.17 bits per heavy atom. The minimum Gasteiger partial charge on any atom is -0.504 e. The van der Waals surface area contributed by atoms with Gasteiger partial charge in [-0.15, -0.1) is 0 Å². The Morgan fingerprint density at radius 2 is 1.97 bits per heavy atom. The molecule has 5 rings (SSSR count). The molecule has 9 heteroatoms. The first-order valence-corrected chi connectivity index (χ1v) is 8.98. The second-order valence-electron chi connectivity index (χ2n) is 7.46. The zero-order valence-electron chi connectivity index (χ0n) is 15.7. The van der Waals surface area contributed by atoms with E-state index in [-0.39, 0.29) is 5.56 Å². The molecule has 0 unspecified atom stereocenters. The number of rotatable bonds is 3. The standard InChI is InChI=1S/C20H17FN4O4/c1-10-5-12(15(21)17(27)16(10)26)18-24-13-4-3-11(19-22-9-23-29-19)6-14(13)25(18)20(2)7-28-8-20/h3-6,9,26-27H,7-8H2,1-2H3. The van der Waals surface area contributed by atoms with E-state index >= 15 is 0 Å². The van der Waals surface area contributed by atoms with E-state index in [4.69, 9.17) is 9.26 Å². The second kappa shape index (κ2) is 6.02. The van der Waals surface area contributed by atoms with E-state index in [1.165, 1.54) is 12.4 Å². The summed E-state index contributed by atoms with van der Waals surface area (Å²) in [5.41, 5.74) is 2.08. The van der Waals surface area contributed by atoms with Gasteiger partial charge in [0.05, 0.1) is 35.3 Å². The molecule has 0 atom stereocenters. The Balaban J connectivity index is 1.82. The first-order valence-electron chi connectivity index (χ1n) is 8.98. The molecule has 0 bridgehead atoms. The lowest BCUT2D eigenvalue weighted by Gasteiger charge is -2.40. The van der Waals surface area contributed by atoms with E-state index in [1.807, 2.05) is 17.6 Å². The number of fused-ring (bicyclic) bond motifs is 1. The normalized spacial score (nSPS) is 15.6. The van der Waals surface area contributed by atoms with Crippen LogP contribution in [0.15, 0.2) is 35.1 Å². The number of aromatic hydroxyl groups is 2. The van der Waals surface area contributed by atoms with Crippen LogP contribution < -0.4 is 0 Å².